The first-order valence-electron chi connectivity index (χ1n) is 10.1. The van der Waals surface area contributed by atoms with Crippen molar-refractivity contribution in [2.75, 3.05) is 19.8 Å². The third-order valence-electron chi connectivity index (χ3n) is 4.19. The second-order valence-electron chi connectivity index (χ2n) is 7.76. The van der Waals surface area contributed by atoms with Gasteiger partial charge < -0.3 is 23.9 Å². The number of ether oxygens (including phenoxy) is 3. The molecule has 0 aliphatic rings. The average Bonchev–Trinajstić information content (AvgIpc) is 2.96. The van der Waals surface area contributed by atoms with Crippen LogP contribution < -0.4 is 14.8 Å². The molecule has 0 amide bonds. The van der Waals surface area contributed by atoms with Crippen LogP contribution in [0.4, 0.5) is 4.79 Å². The van der Waals surface area contributed by atoms with Gasteiger partial charge in [0.15, 0.2) is 0 Å². The first kappa shape index (κ1) is 22.1. The van der Waals surface area contributed by atoms with E-state index in [1.165, 1.54) is 0 Å². The molecule has 1 heterocycles. The fraction of sp³-hybridized carbons (Fsp3) is 0.591. The highest BCUT2D eigenvalue weighted by atomic mass is 16.8. The topological polar surface area (TPSA) is 69.9 Å². The number of aryl methyl sites for hydroxylation is 1. The summed E-state index contributed by atoms with van der Waals surface area (Å²) in [6.07, 6.45) is 2.85. The number of rotatable bonds is 10. The summed E-state index contributed by atoms with van der Waals surface area (Å²) in [5, 5.41) is 4.33. The van der Waals surface area contributed by atoms with E-state index in [9.17, 15) is 4.79 Å². The fourth-order valence-electron chi connectivity index (χ4n) is 2.88. The van der Waals surface area contributed by atoms with Crippen molar-refractivity contribution in [3.8, 4) is 11.7 Å². The molecule has 156 valence electrons. The summed E-state index contributed by atoms with van der Waals surface area (Å²) in [5.41, 5.74) is 1.60. The zero-order valence-electron chi connectivity index (χ0n) is 17.7. The molecule has 1 aromatic carbocycles. The highest BCUT2D eigenvalue weighted by molar-refractivity contribution is 5.90. The Morgan fingerprint density at radius 2 is 1.96 bits per heavy atom. The van der Waals surface area contributed by atoms with Gasteiger partial charge in [0.1, 0.15) is 11.3 Å². The number of carbonyl (C=O) groups is 1. The van der Waals surface area contributed by atoms with Crippen LogP contribution in [-0.2, 0) is 11.2 Å². The number of fused-ring (bicyclic) bond motifs is 1. The zero-order chi connectivity index (χ0) is 20.6. The number of furan rings is 1. The molecule has 0 radical (unpaired) electrons. The Hall–Kier alpha value is -2.21. The maximum atomic E-state index is 11.8. The maximum absolute atomic E-state index is 11.8. The van der Waals surface area contributed by atoms with Gasteiger partial charge in [0.2, 0.25) is 0 Å². The van der Waals surface area contributed by atoms with Crippen LogP contribution in [0, 0.1) is 0 Å². The molecule has 2 rings (SSSR count). The van der Waals surface area contributed by atoms with Crippen molar-refractivity contribution in [1.82, 2.24) is 5.32 Å². The second-order valence-corrected chi connectivity index (χ2v) is 7.76. The molecule has 6 nitrogen and oxygen atoms in total. The minimum absolute atomic E-state index is 0.0945. The Morgan fingerprint density at radius 3 is 2.64 bits per heavy atom. The summed E-state index contributed by atoms with van der Waals surface area (Å²) in [6, 6.07) is 5.67. The Labute approximate surface area is 167 Å². The molecule has 0 saturated heterocycles. The lowest BCUT2D eigenvalue weighted by Gasteiger charge is -2.20. The summed E-state index contributed by atoms with van der Waals surface area (Å²) < 4.78 is 22.1. The number of benzene rings is 1. The molecule has 1 N–H and O–H groups in total. The SMILES string of the molecule is CCCCc1c(OC(=O)OCC)oc2cccc(OCCCNC(C)(C)C)c12. The molecular formula is C22H33NO5. The fourth-order valence-corrected chi connectivity index (χ4v) is 2.88. The molecule has 2 aromatic rings. The van der Waals surface area contributed by atoms with Gasteiger partial charge in [-0.25, -0.2) is 4.79 Å². The van der Waals surface area contributed by atoms with E-state index in [0.717, 1.165) is 48.9 Å². The van der Waals surface area contributed by atoms with E-state index in [1.54, 1.807) is 6.92 Å². The van der Waals surface area contributed by atoms with Crippen molar-refractivity contribution in [3.05, 3.63) is 23.8 Å². The van der Waals surface area contributed by atoms with E-state index in [2.05, 4.69) is 33.0 Å². The molecule has 28 heavy (non-hydrogen) atoms. The summed E-state index contributed by atoms with van der Waals surface area (Å²) in [6.45, 7) is 12.0. The van der Waals surface area contributed by atoms with Gasteiger partial charge in [-0.2, -0.15) is 0 Å². The minimum atomic E-state index is -0.755. The molecule has 0 atom stereocenters. The number of hydrogen-bond acceptors (Lipinski definition) is 6. The van der Waals surface area contributed by atoms with Crippen molar-refractivity contribution in [3.63, 3.8) is 0 Å². The molecule has 0 saturated carbocycles. The summed E-state index contributed by atoms with van der Waals surface area (Å²) in [4.78, 5) is 11.8. The predicted molar refractivity (Wildman–Crippen MR) is 110 cm³/mol. The zero-order valence-corrected chi connectivity index (χ0v) is 17.7. The standard InChI is InChI=1S/C22H33NO5/c1-6-8-11-16-19-17(26-15-10-14-23-22(3,4)5)12-9-13-18(19)27-20(16)28-21(24)25-7-2/h9,12-13,23H,6-8,10-11,14-15H2,1-5H3. The quantitative estimate of drug-likeness (QED) is 0.428. The molecule has 1 aromatic heterocycles. The summed E-state index contributed by atoms with van der Waals surface area (Å²) in [5.74, 6) is 0.953. The van der Waals surface area contributed by atoms with Gasteiger partial charge in [-0.15, -0.1) is 0 Å². The van der Waals surface area contributed by atoms with E-state index in [1.807, 2.05) is 18.2 Å². The highest BCUT2D eigenvalue weighted by Gasteiger charge is 2.22. The van der Waals surface area contributed by atoms with Crippen molar-refractivity contribution >= 4 is 17.1 Å². The molecule has 0 aliphatic heterocycles. The van der Waals surface area contributed by atoms with Gasteiger partial charge in [-0.05, 0) is 65.6 Å². The molecule has 0 aliphatic carbocycles. The number of unbranched alkanes of at least 4 members (excludes halogenated alkanes) is 1. The number of carbonyl (C=O) groups excluding carboxylic acids is 1. The van der Waals surface area contributed by atoms with Crippen LogP contribution in [0.1, 0.15) is 59.4 Å². The van der Waals surface area contributed by atoms with Crippen molar-refractivity contribution in [1.29, 1.82) is 0 Å². The lowest BCUT2D eigenvalue weighted by molar-refractivity contribution is 0.0951. The smallest absolute Gasteiger partial charge is 0.493 e. The van der Waals surface area contributed by atoms with Gasteiger partial charge in [0.25, 0.3) is 5.95 Å². The summed E-state index contributed by atoms with van der Waals surface area (Å²) in [7, 11) is 0. The van der Waals surface area contributed by atoms with Gasteiger partial charge in [0, 0.05) is 11.1 Å². The minimum Gasteiger partial charge on any atom is -0.493 e. The molecular weight excluding hydrogens is 358 g/mol. The van der Waals surface area contributed by atoms with Crippen molar-refractivity contribution < 1.29 is 23.4 Å². The van der Waals surface area contributed by atoms with Crippen LogP contribution in [0.15, 0.2) is 22.6 Å². The lowest BCUT2D eigenvalue weighted by Crippen LogP contribution is -2.36. The van der Waals surface area contributed by atoms with E-state index in [0.29, 0.717) is 12.2 Å². The van der Waals surface area contributed by atoms with Crippen LogP contribution in [0.25, 0.3) is 11.0 Å². The van der Waals surface area contributed by atoms with E-state index in [-0.39, 0.29) is 18.1 Å². The second kappa shape index (κ2) is 10.4. The largest absolute Gasteiger partial charge is 0.516 e. The van der Waals surface area contributed by atoms with Crippen LogP contribution >= 0.6 is 0 Å². The first-order chi connectivity index (χ1) is 13.4. The monoisotopic (exact) mass is 391 g/mol. The first-order valence-corrected chi connectivity index (χ1v) is 10.1. The normalized spacial score (nSPS) is 11.6. The Balaban J connectivity index is 2.18. The van der Waals surface area contributed by atoms with Gasteiger partial charge >= 0.3 is 6.16 Å². The summed E-state index contributed by atoms with van der Waals surface area (Å²) >= 11 is 0. The van der Waals surface area contributed by atoms with Gasteiger partial charge in [-0.1, -0.05) is 19.4 Å². The third-order valence-corrected chi connectivity index (χ3v) is 4.19. The van der Waals surface area contributed by atoms with Crippen LogP contribution in [0.5, 0.6) is 11.7 Å². The van der Waals surface area contributed by atoms with Crippen molar-refractivity contribution in [2.45, 2.75) is 65.8 Å². The third kappa shape index (κ3) is 6.44. The highest BCUT2D eigenvalue weighted by Crippen LogP contribution is 2.39. The molecule has 0 fully saturated rings. The van der Waals surface area contributed by atoms with Crippen molar-refractivity contribution in [2.24, 2.45) is 0 Å². The van der Waals surface area contributed by atoms with Crippen LogP contribution in [0.2, 0.25) is 0 Å². The molecule has 0 bridgehead atoms. The number of hydrogen-bond donors (Lipinski definition) is 1. The Morgan fingerprint density at radius 1 is 1.18 bits per heavy atom. The van der Waals surface area contributed by atoms with Gasteiger partial charge in [0.05, 0.1) is 18.6 Å². The lowest BCUT2D eigenvalue weighted by atomic mass is 10.1. The maximum Gasteiger partial charge on any atom is 0.516 e. The Kier molecular flexibility index (Phi) is 8.18. The molecule has 0 unspecified atom stereocenters. The van der Waals surface area contributed by atoms with Crippen LogP contribution in [0.3, 0.4) is 0 Å². The average molecular weight is 392 g/mol. The van der Waals surface area contributed by atoms with Crippen LogP contribution in [-0.4, -0.2) is 31.5 Å². The number of nitrogens with one attached hydrogen (secondary N) is 1. The molecule has 0 spiro atoms. The Bertz CT molecular complexity index is 760. The predicted octanol–water partition coefficient (Wildman–Crippen LogP) is 5.47. The van der Waals surface area contributed by atoms with Gasteiger partial charge in [-0.3, -0.25) is 0 Å². The van der Waals surface area contributed by atoms with E-state index in [4.69, 9.17) is 18.6 Å². The van der Waals surface area contributed by atoms with E-state index < -0.39 is 6.16 Å². The molecule has 6 heteroatoms. The van der Waals surface area contributed by atoms with E-state index >= 15 is 0 Å².